The number of hydrogen-bond acceptors (Lipinski definition) is 6. The molecule has 1 aliphatic rings. The predicted octanol–water partition coefficient (Wildman–Crippen LogP) is 5.22. The van der Waals surface area contributed by atoms with Crippen LogP contribution >= 0.6 is 0 Å². The summed E-state index contributed by atoms with van der Waals surface area (Å²) in [7, 11) is 0. The average Bonchev–Trinajstić information content (AvgIpc) is 3.34. The minimum absolute atomic E-state index is 0.169. The summed E-state index contributed by atoms with van der Waals surface area (Å²) >= 11 is 0. The molecule has 35 heavy (non-hydrogen) atoms. The second-order valence-electron chi connectivity index (χ2n) is 8.59. The maximum absolute atomic E-state index is 13.6. The van der Waals surface area contributed by atoms with E-state index in [0.29, 0.717) is 11.4 Å². The molecule has 1 fully saturated rings. The summed E-state index contributed by atoms with van der Waals surface area (Å²) in [6.07, 6.45) is 4.48. The van der Waals surface area contributed by atoms with Gasteiger partial charge in [0, 0.05) is 37.4 Å². The van der Waals surface area contributed by atoms with E-state index < -0.39 is 0 Å². The smallest absolute Gasteiger partial charge is 0.322 e. The molecule has 2 aromatic heterocycles. The van der Waals surface area contributed by atoms with Crippen molar-refractivity contribution in [2.24, 2.45) is 0 Å². The lowest BCUT2D eigenvalue weighted by atomic mass is 10.1. The highest BCUT2D eigenvalue weighted by molar-refractivity contribution is 5.77. The molecule has 1 saturated heterocycles. The van der Waals surface area contributed by atoms with Gasteiger partial charge in [0.25, 0.3) is 0 Å². The number of imidazole rings is 1. The van der Waals surface area contributed by atoms with Gasteiger partial charge in [-0.1, -0.05) is 18.2 Å². The highest BCUT2D eigenvalue weighted by Gasteiger charge is 2.21. The molecular weight excluding hydrogens is 445 g/mol. The number of morpholine rings is 1. The molecule has 0 unspecified atom stereocenters. The molecule has 180 valence electrons. The van der Waals surface area contributed by atoms with Crippen molar-refractivity contribution in [2.45, 2.75) is 19.4 Å². The van der Waals surface area contributed by atoms with Crippen LogP contribution in [0.2, 0.25) is 0 Å². The van der Waals surface area contributed by atoms with E-state index in [1.54, 1.807) is 18.3 Å². The van der Waals surface area contributed by atoms with Crippen LogP contribution in [0, 0.1) is 5.82 Å². The second-order valence-corrected chi connectivity index (χ2v) is 8.59. The Balaban J connectivity index is 1.48. The van der Waals surface area contributed by atoms with E-state index in [4.69, 9.17) is 19.4 Å². The molecule has 0 amide bonds. The molecule has 7 nitrogen and oxygen atoms in total. The van der Waals surface area contributed by atoms with Crippen molar-refractivity contribution in [1.29, 1.82) is 0 Å². The van der Waals surface area contributed by atoms with Gasteiger partial charge in [-0.3, -0.25) is 4.90 Å². The van der Waals surface area contributed by atoms with Crippen LogP contribution in [0.15, 0.2) is 73.2 Å². The molecule has 0 saturated carbocycles. The Morgan fingerprint density at radius 3 is 2.54 bits per heavy atom. The van der Waals surface area contributed by atoms with Gasteiger partial charge in [0.2, 0.25) is 0 Å². The lowest BCUT2D eigenvalue weighted by molar-refractivity contribution is 0.0359. The first kappa shape index (κ1) is 23.1. The molecular formula is C27H28FN5O2. The Labute approximate surface area is 204 Å². The summed E-state index contributed by atoms with van der Waals surface area (Å²) in [6.45, 7) is 6.63. The third-order valence-electron chi connectivity index (χ3n) is 6.18. The van der Waals surface area contributed by atoms with Crippen molar-refractivity contribution in [3.05, 3.63) is 79.0 Å². The maximum Gasteiger partial charge on any atom is 0.322 e. The zero-order chi connectivity index (χ0) is 24.0. The van der Waals surface area contributed by atoms with Crippen LogP contribution in [-0.4, -0.2) is 57.3 Å². The summed E-state index contributed by atoms with van der Waals surface area (Å²) in [6, 6.07) is 18.1. The number of hydrogen-bond donors (Lipinski definition) is 0. The minimum atomic E-state index is -0.283. The third-order valence-corrected chi connectivity index (χ3v) is 6.18. The summed E-state index contributed by atoms with van der Waals surface area (Å²) < 4.78 is 27.1. The van der Waals surface area contributed by atoms with E-state index >= 15 is 0 Å². The van der Waals surface area contributed by atoms with Gasteiger partial charge in [-0.25, -0.2) is 14.4 Å². The Morgan fingerprint density at radius 2 is 1.77 bits per heavy atom. The van der Waals surface area contributed by atoms with Gasteiger partial charge < -0.3 is 14.0 Å². The highest BCUT2D eigenvalue weighted by atomic mass is 19.1. The summed E-state index contributed by atoms with van der Waals surface area (Å²) in [4.78, 5) is 16.2. The Hall–Kier alpha value is -3.62. The van der Waals surface area contributed by atoms with Crippen LogP contribution in [0.1, 0.15) is 19.4 Å². The van der Waals surface area contributed by atoms with Crippen molar-refractivity contribution >= 4 is 0 Å². The first-order valence-electron chi connectivity index (χ1n) is 11.9. The molecule has 0 radical (unpaired) electrons. The molecule has 0 spiro atoms. The molecule has 2 aromatic carbocycles. The Morgan fingerprint density at radius 1 is 1.00 bits per heavy atom. The van der Waals surface area contributed by atoms with Gasteiger partial charge in [-0.15, -0.1) is 0 Å². The summed E-state index contributed by atoms with van der Waals surface area (Å²) in [5.41, 5.74) is 3.12. The van der Waals surface area contributed by atoms with Crippen LogP contribution < -0.4 is 4.74 Å². The van der Waals surface area contributed by atoms with Gasteiger partial charge in [0.1, 0.15) is 11.6 Å². The van der Waals surface area contributed by atoms with Crippen molar-refractivity contribution in [1.82, 2.24) is 24.4 Å². The maximum atomic E-state index is 13.6. The van der Waals surface area contributed by atoms with E-state index in [0.717, 1.165) is 56.2 Å². The van der Waals surface area contributed by atoms with Crippen molar-refractivity contribution < 1.29 is 13.9 Å². The molecule has 8 heteroatoms. The normalized spacial score (nSPS) is 15.1. The molecule has 0 N–H and O–H groups in total. The molecule has 3 heterocycles. The van der Waals surface area contributed by atoms with E-state index in [-0.39, 0.29) is 17.9 Å². The number of ether oxygens (including phenoxy) is 2. The van der Waals surface area contributed by atoms with Crippen LogP contribution in [0.4, 0.5) is 4.39 Å². The number of rotatable bonds is 8. The molecule has 1 atom stereocenters. The topological polar surface area (TPSA) is 65.3 Å². The van der Waals surface area contributed by atoms with Crippen LogP contribution in [0.3, 0.4) is 0 Å². The third kappa shape index (κ3) is 5.55. The van der Waals surface area contributed by atoms with Crippen LogP contribution in [0.25, 0.3) is 22.6 Å². The SMILES string of the molecule is C[C@@H](CCN1CCOCC1)n1cnc(-c2ccc(F)cc2)c1-c1ccnc(Oc2ccccc2)n1. The molecule has 4 aromatic rings. The standard InChI is InChI=1S/C27H28FN5O2/c1-20(12-14-32-15-17-34-18-16-32)33-19-30-25(21-7-9-22(28)10-8-21)26(33)24-11-13-29-27(31-24)35-23-5-3-2-4-6-23/h2-11,13,19-20H,12,14-18H2,1H3/t20-/m0/s1. The monoisotopic (exact) mass is 473 g/mol. The van der Waals surface area contributed by atoms with Gasteiger partial charge in [-0.2, -0.15) is 4.98 Å². The average molecular weight is 474 g/mol. The van der Waals surface area contributed by atoms with E-state index in [9.17, 15) is 4.39 Å². The highest BCUT2D eigenvalue weighted by Crippen LogP contribution is 2.34. The van der Waals surface area contributed by atoms with Crippen molar-refractivity contribution in [2.75, 3.05) is 32.8 Å². The number of para-hydroxylation sites is 1. The first-order chi connectivity index (χ1) is 17.2. The molecule has 0 bridgehead atoms. The zero-order valence-corrected chi connectivity index (χ0v) is 19.7. The number of nitrogens with zero attached hydrogens (tertiary/aromatic N) is 5. The van der Waals surface area contributed by atoms with Gasteiger partial charge in [0.05, 0.1) is 36.6 Å². The van der Waals surface area contributed by atoms with Crippen molar-refractivity contribution in [3.63, 3.8) is 0 Å². The Kier molecular flexibility index (Phi) is 7.11. The molecule has 1 aliphatic heterocycles. The Bertz CT molecular complexity index is 1240. The fourth-order valence-electron chi connectivity index (χ4n) is 4.22. The quantitative estimate of drug-likeness (QED) is 0.350. The van der Waals surface area contributed by atoms with Crippen LogP contribution in [-0.2, 0) is 4.74 Å². The van der Waals surface area contributed by atoms with E-state index in [2.05, 4.69) is 21.4 Å². The van der Waals surface area contributed by atoms with Crippen LogP contribution in [0.5, 0.6) is 11.8 Å². The lowest BCUT2D eigenvalue weighted by Crippen LogP contribution is -2.37. The number of aromatic nitrogens is 4. The fraction of sp³-hybridized carbons (Fsp3) is 0.296. The summed E-state index contributed by atoms with van der Waals surface area (Å²) in [5.74, 6) is 0.380. The first-order valence-corrected chi connectivity index (χ1v) is 11.9. The fourth-order valence-corrected chi connectivity index (χ4v) is 4.22. The number of benzene rings is 2. The van der Waals surface area contributed by atoms with Gasteiger partial charge in [0.15, 0.2) is 0 Å². The molecule has 0 aliphatic carbocycles. The molecule has 5 rings (SSSR count). The second kappa shape index (κ2) is 10.8. The van der Waals surface area contributed by atoms with E-state index in [1.165, 1.54) is 12.1 Å². The van der Waals surface area contributed by atoms with E-state index in [1.807, 2.05) is 42.7 Å². The van der Waals surface area contributed by atoms with Gasteiger partial charge in [-0.05, 0) is 55.8 Å². The van der Waals surface area contributed by atoms with Crippen molar-refractivity contribution in [3.8, 4) is 34.4 Å². The number of halogens is 1. The van der Waals surface area contributed by atoms with Gasteiger partial charge >= 0.3 is 6.01 Å². The summed E-state index contributed by atoms with van der Waals surface area (Å²) in [5, 5.41) is 0. The lowest BCUT2D eigenvalue weighted by Gasteiger charge is -2.28. The largest absolute Gasteiger partial charge is 0.424 e. The minimum Gasteiger partial charge on any atom is -0.424 e. The predicted molar refractivity (Wildman–Crippen MR) is 132 cm³/mol. The zero-order valence-electron chi connectivity index (χ0n) is 19.7.